The van der Waals surface area contributed by atoms with Gasteiger partial charge in [-0.3, -0.25) is 0 Å². The van der Waals surface area contributed by atoms with Crippen LogP contribution in [0.2, 0.25) is 5.15 Å². The van der Waals surface area contributed by atoms with Crippen LogP contribution in [0.3, 0.4) is 0 Å². The van der Waals surface area contributed by atoms with E-state index in [4.69, 9.17) is 17.3 Å². The molecular weight excluding hydrogens is 381 g/mol. The third-order valence-corrected chi connectivity index (χ3v) is 5.35. The fraction of sp³-hybridized carbons (Fsp3) is 0.471. The summed E-state index contributed by atoms with van der Waals surface area (Å²) in [6.07, 6.45) is 8.43. The molecule has 0 aromatic carbocycles. The van der Waals surface area contributed by atoms with Crippen LogP contribution in [0, 0.1) is 5.92 Å². The Bertz CT molecular complexity index is 694. The predicted molar refractivity (Wildman–Crippen MR) is 98.1 cm³/mol. The van der Waals surface area contributed by atoms with Gasteiger partial charge in [0, 0.05) is 34.8 Å². The molecule has 1 heterocycles. The second-order valence-corrected chi connectivity index (χ2v) is 7.29. The summed E-state index contributed by atoms with van der Waals surface area (Å²) < 4.78 is 15.2. The molecule has 1 aliphatic rings. The van der Waals surface area contributed by atoms with Crippen LogP contribution in [-0.4, -0.2) is 30.0 Å². The summed E-state index contributed by atoms with van der Waals surface area (Å²) in [5.41, 5.74) is 5.60. The molecule has 1 aliphatic carbocycles. The van der Waals surface area contributed by atoms with Crippen molar-refractivity contribution >= 4 is 39.8 Å². The van der Waals surface area contributed by atoms with Gasteiger partial charge in [-0.15, -0.1) is 0 Å². The zero-order valence-electron chi connectivity index (χ0n) is 13.4. The molecule has 0 unspecified atom stereocenters. The number of allylic oxidation sites excluding steroid dienone is 2. The molecule has 6 heteroatoms. The number of hydrogen-bond donors (Lipinski definition) is 1. The van der Waals surface area contributed by atoms with Crippen LogP contribution in [0.15, 0.2) is 22.6 Å². The van der Waals surface area contributed by atoms with Crippen molar-refractivity contribution in [3.63, 3.8) is 0 Å². The molecule has 23 heavy (non-hydrogen) atoms. The molecule has 0 atom stereocenters. The summed E-state index contributed by atoms with van der Waals surface area (Å²) in [5.74, 6) is -0.164. The van der Waals surface area contributed by atoms with Gasteiger partial charge < -0.3 is 10.6 Å². The number of nitrogens with zero attached hydrogens (tertiary/aromatic N) is 2. The van der Waals surface area contributed by atoms with Crippen molar-refractivity contribution in [2.45, 2.75) is 31.7 Å². The highest BCUT2D eigenvalue weighted by Gasteiger charge is 2.26. The van der Waals surface area contributed by atoms with Crippen LogP contribution in [0.5, 0.6) is 0 Å². The van der Waals surface area contributed by atoms with Gasteiger partial charge in [0.15, 0.2) is 0 Å². The molecule has 1 aromatic heterocycles. The Morgan fingerprint density at radius 1 is 1.39 bits per heavy atom. The van der Waals surface area contributed by atoms with E-state index in [-0.39, 0.29) is 11.7 Å². The van der Waals surface area contributed by atoms with Crippen molar-refractivity contribution in [1.82, 2.24) is 9.88 Å². The van der Waals surface area contributed by atoms with E-state index in [9.17, 15) is 4.39 Å². The summed E-state index contributed by atoms with van der Waals surface area (Å²) in [6.45, 7) is 0. The van der Waals surface area contributed by atoms with Crippen LogP contribution in [0.25, 0.3) is 12.3 Å². The standard InChI is InChI=1S/C17H22BrClFN3/c1-23(2)13-5-3-11(4-6-13)16(20)15(18)9-14-12(10-21)7-8-22-17(14)19/h7-11,13H,3-6,21H2,1-2H3/b12-10+,14-9+,16-15-. The molecule has 0 radical (unpaired) electrons. The highest BCUT2D eigenvalue weighted by Crippen LogP contribution is 2.35. The summed E-state index contributed by atoms with van der Waals surface area (Å²) in [5, 5.41) is 1.66. The molecule has 0 aliphatic heterocycles. The van der Waals surface area contributed by atoms with Gasteiger partial charge in [0.25, 0.3) is 0 Å². The van der Waals surface area contributed by atoms with Crippen molar-refractivity contribution < 1.29 is 4.39 Å². The lowest BCUT2D eigenvalue weighted by atomic mass is 9.84. The zero-order valence-corrected chi connectivity index (χ0v) is 15.7. The monoisotopic (exact) mass is 401 g/mol. The van der Waals surface area contributed by atoms with Crippen LogP contribution in [0.1, 0.15) is 25.7 Å². The Morgan fingerprint density at radius 2 is 2.04 bits per heavy atom. The van der Waals surface area contributed by atoms with Gasteiger partial charge in [-0.25, -0.2) is 9.37 Å². The summed E-state index contributed by atoms with van der Waals surface area (Å²) in [7, 11) is 4.16. The molecule has 126 valence electrons. The van der Waals surface area contributed by atoms with Crippen LogP contribution >= 0.6 is 27.5 Å². The van der Waals surface area contributed by atoms with E-state index >= 15 is 0 Å². The van der Waals surface area contributed by atoms with Gasteiger partial charge >= 0.3 is 0 Å². The molecule has 2 rings (SSSR count). The second-order valence-electron chi connectivity index (χ2n) is 6.08. The summed E-state index contributed by atoms with van der Waals surface area (Å²) in [4.78, 5) is 6.25. The fourth-order valence-corrected chi connectivity index (χ4v) is 3.76. The SMILES string of the molecule is CN(C)C1CCC(\C(F)=C(Br)/C=c2/c(Cl)ncc/c2=C\N)CC1. The maximum absolute atomic E-state index is 14.7. The van der Waals surface area contributed by atoms with E-state index in [1.807, 2.05) is 0 Å². The van der Waals surface area contributed by atoms with E-state index in [2.05, 4.69) is 39.9 Å². The lowest BCUT2D eigenvalue weighted by molar-refractivity contribution is 0.196. The first-order chi connectivity index (χ1) is 10.9. The third-order valence-electron chi connectivity index (χ3n) is 4.44. The number of hydrogen-bond acceptors (Lipinski definition) is 3. The zero-order chi connectivity index (χ0) is 17.0. The lowest BCUT2D eigenvalue weighted by Gasteiger charge is -2.32. The molecule has 0 bridgehead atoms. The van der Waals surface area contributed by atoms with Crippen molar-refractivity contribution in [1.29, 1.82) is 0 Å². The highest BCUT2D eigenvalue weighted by atomic mass is 79.9. The Balaban J connectivity index is 2.28. The minimum Gasteiger partial charge on any atom is -0.404 e. The average Bonchev–Trinajstić information content (AvgIpc) is 2.55. The van der Waals surface area contributed by atoms with E-state index < -0.39 is 0 Å². The van der Waals surface area contributed by atoms with Gasteiger partial charge in [0.05, 0.1) is 4.48 Å². The Morgan fingerprint density at radius 3 is 2.61 bits per heavy atom. The normalized spacial score (nSPS) is 25.0. The second kappa shape index (κ2) is 8.27. The van der Waals surface area contributed by atoms with Gasteiger partial charge in [-0.1, -0.05) is 11.6 Å². The topological polar surface area (TPSA) is 42.2 Å². The maximum Gasteiger partial charge on any atom is 0.136 e. The minimum atomic E-state index is -0.120. The average molecular weight is 403 g/mol. The third kappa shape index (κ3) is 4.55. The maximum atomic E-state index is 14.7. The molecule has 0 amide bonds. The Kier molecular flexibility index (Phi) is 6.62. The number of rotatable bonds is 3. The van der Waals surface area contributed by atoms with Crippen LogP contribution < -0.4 is 16.2 Å². The first-order valence-corrected chi connectivity index (χ1v) is 8.87. The van der Waals surface area contributed by atoms with Gasteiger partial charge in [0.1, 0.15) is 11.0 Å². The molecule has 1 fully saturated rings. The van der Waals surface area contributed by atoms with Crippen LogP contribution in [-0.2, 0) is 0 Å². The number of halogens is 3. The fourth-order valence-electron chi connectivity index (χ4n) is 2.99. The molecule has 1 saturated carbocycles. The predicted octanol–water partition coefficient (Wildman–Crippen LogP) is 2.91. The quantitative estimate of drug-likeness (QED) is 0.791. The van der Waals surface area contributed by atoms with E-state index in [1.165, 1.54) is 6.20 Å². The number of pyridine rings is 1. The van der Waals surface area contributed by atoms with E-state index in [1.54, 1.807) is 18.3 Å². The first-order valence-electron chi connectivity index (χ1n) is 7.69. The lowest BCUT2D eigenvalue weighted by Crippen LogP contribution is -2.32. The molecular formula is C17H22BrClFN3. The van der Waals surface area contributed by atoms with E-state index in [0.29, 0.717) is 20.9 Å². The Hall–Kier alpha value is -0.910. The van der Waals surface area contributed by atoms with Gasteiger partial charge in [-0.05, 0) is 67.9 Å². The van der Waals surface area contributed by atoms with Gasteiger partial charge in [-0.2, -0.15) is 0 Å². The largest absolute Gasteiger partial charge is 0.404 e. The van der Waals surface area contributed by atoms with Crippen molar-refractivity contribution in [3.8, 4) is 0 Å². The molecule has 3 nitrogen and oxygen atoms in total. The molecule has 1 aromatic rings. The van der Waals surface area contributed by atoms with Crippen LogP contribution in [0.4, 0.5) is 4.39 Å². The number of aromatic nitrogens is 1. The van der Waals surface area contributed by atoms with E-state index in [0.717, 1.165) is 30.9 Å². The molecule has 0 saturated heterocycles. The molecule has 2 N–H and O–H groups in total. The van der Waals surface area contributed by atoms with Gasteiger partial charge in [0.2, 0.25) is 0 Å². The number of nitrogens with two attached hydrogens (primary N) is 1. The van der Waals surface area contributed by atoms with Crippen molar-refractivity contribution in [2.75, 3.05) is 14.1 Å². The highest BCUT2D eigenvalue weighted by molar-refractivity contribution is 9.12. The first kappa shape index (κ1) is 18.4. The minimum absolute atomic E-state index is 0.0439. The molecule has 0 spiro atoms. The Labute approximate surface area is 149 Å². The summed E-state index contributed by atoms with van der Waals surface area (Å²) in [6, 6.07) is 2.30. The smallest absolute Gasteiger partial charge is 0.136 e. The van der Waals surface area contributed by atoms with Crippen molar-refractivity contribution in [2.24, 2.45) is 11.7 Å². The summed E-state index contributed by atoms with van der Waals surface area (Å²) >= 11 is 9.46. The van der Waals surface area contributed by atoms with Crippen molar-refractivity contribution in [3.05, 3.63) is 38.2 Å².